The van der Waals surface area contributed by atoms with Crippen LogP contribution >= 0.6 is 0 Å². The van der Waals surface area contributed by atoms with Crippen LogP contribution in [-0.4, -0.2) is 42.3 Å². The van der Waals surface area contributed by atoms with E-state index in [-0.39, 0.29) is 17.9 Å². The standard InChI is InChI=1S/C19H24O4S2/c1-14-3-7-18(8-4-14)24(22)12-16(20)11-17(21)13-25(23)19-9-5-15(2)6-10-19/h3-10,16-17,20-21H,11-13H2,1-2H3/t16-,17+,24?,25?. The van der Waals surface area contributed by atoms with E-state index in [0.29, 0.717) is 9.79 Å². The van der Waals surface area contributed by atoms with Crippen LogP contribution in [0.3, 0.4) is 0 Å². The number of aliphatic hydroxyl groups is 2. The summed E-state index contributed by atoms with van der Waals surface area (Å²) >= 11 is 0. The first-order valence-electron chi connectivity index (χ1n) is 8.11. The molecule has 0 aromatic heterocycles. The predicted molar refractivity (Wildman–Crippen MR) is 102 cm³/mol. The van der Waals surface area contributed by atoms with Crippen molar-refractivity contribution in [1.82, 2.24) is 0 Å². The Bertz CT molecular complexity index is 663. The van der Waals surface area contributed by atoms with Crippen LogP contribution in [0.4, 0.5) is 0 Å². The lowest BCUT2D eigenvalue weighted by atomic mass is 10.2. The van der Waals surface area contributed by atoms with Gasteiger partial charge in [0.25, 0.3) is 0 Å². The third-order valence-corrected chi connectivity index (χ3v) is 6.77. The van der Waals surface area contributed by atoms with Gasteiger partial charge in [-0.15, -0.1) is 0 Å². The normalized spacial score (nSPS) is 16.2. The van der Waals surface area contributed by atoms with Crippen molar-refractivity contribution in [2.24, 2.45) is 0 Å². The van der Waals surface area contributed by atoms with E-state index in [1.165, 1.54) is 0 Å². The summed E-state index contributed by atoms with van der Waals surface area (Å²) < 4.78 is 24.5. The average Bonchev–Trinajstić information content (AvgIpc) is 2.55. The molecule has 0 spiro atoms. The van der Waals surface area contributed by atoms with Crippen LogP contribution in [0, 0.1) is 13.8 Å². The molecule has 0 bridgehead atoms. The molecule has 25 heavy (non-hydrogen) atoms. The highest BCUT2D eigenvalue weighted by atomic mass is 32.2. The van der Waals surface area contributed by atoms with Crippen LogP contribution in [0.5, 0.6) is 0 Å². The molecule has 0 fully saturated rings. The molecule has 0 saturated carbocycles. The summed E-state index contributed by atoms with van der Waals surface area (Å²) in [6, 6.07) is 14.6. The van der Waals surface area contributed by atoms with Crippen molar-refractivity contribution in [2.75, 3.05) is 11.5 Å². The van der Waals surface area contributed by atoms with Gasteiger partial charge in [0, 0.05) is 16.2 Å². The van der Waals surface area contributed by atoms with Gasteiger partial charge >= 0.3 is 0 Å². The fourth-order valence-electron chi connectivity index (χ4n) is 2.37. The topological polar surface area (TPSA) is 74.6 Å². The number of hydrogen-bond acceptors (Lipinski definition) is 4. The number of rotatable bonds is 8. The summed E-state index contributed by atoms with van der Waals surface area (Å²) in [5, 5.41) is 20.1. The van der Waals surface area contributed by atoms with Gasteiger partial charge in [-0.05, 0) is 38.1 Å². The van der Waals surface area contributed by atoms with Gasteiger partial charge in [0.15, 0.2) is 0 Å². The van der Waals surface area contributed by atoms with Crippen LogP contribution < -0.4 is 0 Å². The van der Waals surface area contributed by atoms with Gasteiger partial charge in [-0.3, -0.25) is 8.42 Å². The Balaban J connectivity index is 1.83. The average molecular weight is 381 g/mol. The molecule has 0 aliphatic rings. The first-order valence-corrected chi connectivity index (χ1v) is 10.7. The molecule has 4 nitrogen and oxygen atoms in total. The maximum Gasteiger partial charge on any atom is 0.0684 e. The van der Waals surface area contributed by atoms with Gasteiger partial charge in [0.2, 0.25) is 0 Å². The van der Waals surface area contributed by atoms with Crippen molar-refractivity contribution in [1.29, 1.82) is 0 Å². The van der Waals surface area contributed by atoms with E-state index >= 15 is 0 Å². The van der Waals surface area contributed by atoms with Crippen molar-refractivity contribution in [3.05, 3.63) is 59.7 Å². The molecule has 0 heterocycles. The maximum absolute atomic E-state index is 12.2. The number of aryl methyl sites for hydroxylation is 2. The lowest BCUT2D eigenvalue weighted by Gasteiger charge is -2.15. The largest absolute Gasteiger partial charge is 0.392 e. The Labute approximate surface area is 153 Å². The molecule has 0 amide bonds. The SMILES string of the molecule is Cc1ccc(S(=O)C[C@H](O)C[C@H](O)CS(=O)c2ccc(C)cc2)cc1. The Morgan fingerprint density at radius 2 is 1.04 bits per heavy atom. The van der Waals surface area contributed by atoms with E-state index in [2.05, 4.69) is 0 Å². The molecule has 2 aromatic rings. The minimum absolute atomic E-state index is 0.0508. The van der Waals surface area contributed by atoms with E-state index in [0.717, 1.165) is 11.1 Å². The number of benzene rings is 2. The Morgan fingerprint density at radius 3 is 1.36 bits per heavy atom. The maximum atomic E-state index is 12.2. The zero-order valence-corrected chi connectivity index (χ0v) is 16.1. The second kappa shape index (κ2) is 9.38. The fraction of sp³-hybridized carbons (Fsp3) is 0.368. The van der Waals surface area contributed by atoms with Crippen LogP contribution in [0.2, 0.25) is 0 Å². The molecule has 0 aliphatic heterocycles. The minimum atomic E-state index is -1.33. The zero-order chi connectivity index (χ0) is 18.4. The quantitative estimate of drug-likeness (QED) is 0.737. The third-order valence-electron chi connectivity index (χ3n) is 3.80. The van der Waals surface area contributed by atoms with Crippen LogP contribution in [0.1, 0.15) is 17.5 Å². The molecule has 136 valence electrons. The molecule has 0 aliphatic carbocycles. The zero-order valence-electron chi connectivity index (χ0n) is 14.4. The van der Waals surface area contributed by atoms with Crippen LogP contribution in [0.25, 0.3) is 0 Å². The molecule has 2 rings (SSSR count). The highest BCUT2D eigenvalue weighted by molar-refractivity contribution is 7.85. The summed E-state index contributed by atoms with van der Waals surface area (Å²) in [5.74, 6) is 0.106. The molecule has 0 radical (unpaired) electrons. The van der Waals surface area contributed by atoms with Crippen molar-refractivity contribution in [3.63, 3.8) is 0 Å². The molecule has 6 heteroatoms. The van der Waals surface area contributed by atoms with Gasteiger partial charge in [-0.25, -0.2) is 0 Å². The third kappa shape index (κ3) is 6.47. The summed E-state index contributed by atoms with van der Waals surface area (Å²) in [6.45, 7) is 3.90. The summed E-state index contributed by atoms with van der Waals surface area (Å²) in [7, 11) is -2.65. The second-order valence-electron chi connectivity index (χ2n) is 6.19. The van der Waals surface area contributed by atoms with E-state index < -0.39 is 33.8 Å². The van der Waals surface area contributed by atoms with E-state index in [1.807, 2.05) is 38.1 Å². The molecule has 4 atom stereocenters. The number of aliphatic hydroxyl groups excluding tert-OH is 2. The van der Waals surface area contributed by atoms with Gasteiger partial charge in [0.1, 0.15) is 0 Å². The van der Waals surface area contributed by atoms with Gasteiger partial charge in [-0.2, -0.15) is 0 Å². The predicted octanol–water partition coefficient (Wildman–Crippen LogP) is 2.33. The van der Waals surface area contributed by atoms with Crippen LogP contribution in [-0.2, 0) is 21.6 Å². The van der Waals surface area contributed by atoms with Gasteiger partial charge in [-0.1, -0.05) is 35.4 Å². The lowest BCUT2D eigenvalue weighted by molar-refractivity contribution is 0.106. The van der Waals surface area contributed by atoms with Crippen LogP contribution in [0.15, 0.2) is 58.3 Å². The molecule has 0 saturated heterocycles. The summed E-state index contributed by atoms with van der Waals surface area (Å²) in [5.41, 5.74) is 2.16. The van der Waals surface area contributed by atoms with Gasteiger partial charge < -0.3 is 10.2 Å². The second-order valence-corrected chi connectivity index (χ2v) is 9.19. The molecular weight excluding hydrogens is 356 g/mol. The van der Waals surface area contributed by atoms with Crippen molar-refractivity contribution >= 4 is 21.6 Å². The summed E-state index contributed by atoms with van der Waals surface area (Å²) in [6.07, 6.45) is -1.77. The monoisotopic (exact) mass is 380 g/mol. The Hall–Kier alpha value is -1.34. The van der Waals surface area contributed by atoms with E-state index in [9.17, 15) is 18.6 Å². The van der Waals surface area contributed by atoms with Gasteiger partial charge in [0.05, 0.1) is 45.3 Å². The molecular formula is C19H24O4S2. The van der Waals surface area contributed by atoms with E-state index in [1.54, 1.807) is 24.3 Å². The first-order chi connectivity index (χ1) is 11.8. The molecule has 2 unspecified atom stereocenters. The molecule has 2 N–H and O–H groups in total. The lowest BCUT2D eigenvalue weighted by Crippen LogP contribution is -2.27. The summed E-state index contributed by atoms with van der Waals surface area (Å²) in [4.78, 5) is 1.31. The number of hydrogen-bond donors (Lipinski definition) is 2. The highest BCUT2D eigenvalue weighted by Gasteiger charge is 2.18. The first kappa shape index (κ1) is 20.0. The fourth-order valence-corrected chi connectivity index (χ4v) is 4.61. The molecule has 2 aromatic carbocycles. The van der Waals surface area contributed by atoms with Crippen molar-refractivity contribution in [3.8, 4) is 0 Å². The minimum Gasteiger partial charge on any atom is -0.392 e. The smallest absolute Gasteiger partial charge is 0.0684 e. The highest BCUT2D eigenvalue weighted by Crippen LogP contribution is 2.13. The Kier molecular flexibility index (Phi) is 7.50. The van der Waals surface area contributed by atoms with E-state index in [4.69, 9.17) is 0 Å². The Morgan fingerprint density at radius 1 is 0.720 bits per heavy atom. The van der Waals surface area contributed by atoms with Crippen molar-refractivity contribution in [2.45, 2.75) is 42.3 Å². The van der Waals surface area contributed by atoms with Crippen molar-refractivity contribution < 1.29 is 18.6 Å².